The number of hydrogen-bond acceptors (Lipinski definition) is 6. The first-order valence-corrected chi connectivity index (χ1v) is 14.9. The Morgan fingerprint density at radius 1 is 1.05 bits per heavy atom. The molecular weight excluding hydrogens is 598 g/mol. The molecule has 1 N–H and O–H groups in total. The van der Waals surface area contributed by atoms with Crippen LogP contribution in [0.15, 0.2) is 88.4 Å². The molecule has 1 aromatic heterocycles. The number of rotatable bonds is 9. The summed E-state index contributed by atoms with van der Waals surface area (Å²) in [7, 11) is -4.15. The van der Waals surface area contributed by atoms with Crippen LogP contribution < -0.4 is 4.90 Å². The fraction of sp³-hybridized carbons (Fsp3) is 0.207. The van der Waals surface area contributed by atoms with Crippen molar-refractivity contribution in [3.8, 4) is 0 Å². The molecule has 1 aliphatic heterocycles. The number of anilines is 1. The van der Waals surface area contributed by atoms with Gasteiger partial charge in [0.15, 0.2) is 0 Å². The summed E-state index contributed by atoms with van der Waals surface area (Å²) >= 11 is 3.32. The van der Waals surface area contributed by atoms with Gasteiger partial charge in [-0.05, 0) is 73.5 Å². The molecule has 1 aliphatic rings. The Morgan fingerprint density at radius 2 is 1.75 bits per heavy atom. The molecule has 0 radical (unpaired) electrons. The van der Waals surface area contributed by atoms with Gasteiger partial charge in [-0.15, -0.1) is 0 Å². The quantitative estimate of drug-likeness (QED) is 0.214. The Balaban J connectivity index is 1.47. The zero-order valence-corrected chi connectivity index (χ0v) is 23.9. The normalized spacial score (nSPS) is 15.8. The van der Waals surface area contributed by atoms with Crippen LogP contribution in [0.25, 0.3) is 10.9 Å². The minimum atomic E-state index is -4.15. The van der Waals surface area contributed by atoms with Gasteiger partial charge in [0.25, 0.3) is 5.91 Å². The Hall–Kier alpha value is -3.80. The average Bonchev–Trinajstić information content (AvgIpc) is 3.49. The van der Waals surface area contributed by atoms with E-state index in [-0.39, 0.29) is 35.7 Å². The number of nitrogens with zero attached hydrogens (tertiary/aromatic N) is 2. The van der Waals surface area contributed by atoms with E-state index < -0.39 is 33.8 Å². The third-order valence-electron chi connectivity index (χ3n) is 6.80. The van der Waals surface area contributed by atoms with E-state index in [1.54, 1.807) is 19.1 Å². The summed E-state index contributed by atoms with van der Waals surface area (Å²) in [5, 5.41) is 0.959. The van der Waals surface area contributed by atoms with Gasteiger partial charge in [-0.1, -0.05) is 34.1 Å². The number of halogens is 1. The molecule has 9 nitrogen and oxygen atoms in total. The Labute approximate surface area is 239 Å². The SMILES string of the molecule is CCOC(=O)c1ccc(N2C(=O)CC(N(CCc3c[nH]c4ccccc34)S(=O)(=O)c3ccc(Br)cc3)C2=O)cc1. The third kappa shape index (κ3) is 5.32. The summed E-state index contributed by atoms with van der Waals surface area (Å²) in [6, 6.07) is 18.5. The summed E-state index contributed by atoms with van der Waals surface area (Å²) in [4.78, 5) is 43.0. The van der Waals surface area contributed by atoms with Crippen molar-refractivity contribution in [2.45, 2.75) is 30.7 Å². The van der Waals surface area contributed by atoms with E-state index in [9.17, 15) is 22.8 Å². The Kier molecular flexibility index (Phi) is 7.88. The van der Waals surface area contributed by atoms with Gasteiger partial charge in [0, 0.05) is 28.1 Å². The molecule has 1 atom stereocenters. The molecule has 1 fully saturated rings. The standard InChI is InChI=1S/C29H26BrN3O6S/c1-2-39-29(36)19-7-11-22(12-8-19)33-27(34)17-26(28(33)35)32(40(37,38)23-13-9-21(30)10-14-23)16-15-20-18-31-25-6-4-3-5-24(20)25/h3-14,18,26,31H,2,15-17H2,1H3. The van der Waals surface area contributed by atoms with Crippen LogP contribution in [0.5, 0.6) is 0 Å². The molecule has 11 heteroatoms. The van der Waals surface area contributed by atoms with Crippen molar-refractivity contribution in [3.63, 3.8) is 0 Å². The molecule has 0 spiro atoms. The predicted molar refractivity (Wildman–Crippen MR) is 153 cm³/mol. The molecule has 206 valence electrons. The van der Waals surface area contributed by atoms with E-state index in [1.807, 2.05) is 30.5 Å². The molecule has 2 amide bonds. The predicted octanol–water partition coefficient (Wildman–Crippen LogP) is 4.67. The molecule has 4 aromatic rings. The second-order valence-corrected chi connectivity index (χ2v) is 12.0. The van der Waals surface area contributed by atoms with Crippen molar-refractivity contribution in [1.82, 2.24) is 9.29 Å². The van der Waals surface area contributed by atoms with Gasteiger partial charge < -0.3 is 9.72 Å². The highest BCUT2D eigenvalue weighted by molar-refractivity contribution is 9.10. The van der Waals surface area contributed by atoms with Crippen LogP contribution in [0.1, 0.15) is 29.3 Å². The molecule has 1 unspecified atom stereocenters. The first-order valence-electron chi connectivity index (χ1n) is 12.7. The van der Waals surface area contributed by atoms with Crippen molar-refractivity contribution in [3.05, 3.63) is 94.6 Å². The van der Waals surface area contributed by atoms with E-state index in [4.69, 9.17) is 4.74 Å². The summed E-state index contributed by atoms with van der Waals surface area (Å²) in [6.07, 6.45) is 1.85. The van der Waals surface area contributed by atoms with Gasteiger partial charge >= 0.3 is 5.97 Å². The fourth-order valence-electron chi connectivity index (χ4n) is 4.83. The van der Waals surface area contributed by atoms with E-state index in [2.05, 4.69) is 20.9 Å². The molecule has 1 saturated heterocycles. The number of aromatic nitrogens is 1. The number of ether oxygens (including phenoxy) is 1. The minimum Gasteiger partial charge on any atom is -0.462 e. The zero-order valence-electron chi connectivity index (χ0n) is 21.5. The minimum absolute atomic E-state index is 0.0143. The van der Waals surface area contributed by atoms with Crippen LogP contribution >= 0.6 is 15.9 Å². The van der Waals surface area contributed by atoms with Crippen molar-refractivity contribution < 1.29 is 27.5 Å². The highest BCUT2D eigenvalue weighted by Crippen LogP contribution is 2.31. The number of carbonyl (C=O) groups is 3. The lowest BCUT2D eigenvalue weighted by atomic mass is 10.1. The molecule has 2 heterocycles. The summed E-state index contributed by atoms with van der Waals surface area (Å²) < 4.78 is 34.6. The number of para-hydroxylation sites is 1. The Bertz CT molecular complexity index is 1680. The lowest BCUT2D eigenvalue weighted by molar-refractivity contribution is -0.122. The van der Waals surface area contributed by atoms with Crippen molar-refractivity contribution in [1.29, 1.82) is 0 Å². The van der Waals surface area contributed by atoms with Crippen LogP contribution in [0, 0.1) is 0 Å². The second kappa shape index (κ2) is 11.4. The highest BCUT2D eigenvalue weighted by Gasteiger charge is 2.46. The maximum Gasteiger partial charge on any atom is 0.338 e. The molecular formula is C29H26BrN3O6S. The number of sulfonamides is 1. The molecule has 0 saturated carbocycles. The van der Waals surface area contributed by atoms with Gasteiger partial charge in [-0.25, -0.2) is 18.1 Å². The average molecular weight is 625 g/mol. The number of imide groups is 1. The fourth-order valence-corrected chi connectivity index (χ4v) is 6.67. The summed E-state index contributed by atoms with van der Waals surface area (Å²) in [5.41, 5.74) is 2.35. The molecule has 40 heavy (non-hydrogen) atoms. The van der Waals surface area contributed by atoms with Crippen LogP contribution in [-0.4, -0.2) is 54.7 Å². The van der Waals surface area contributed by atoms with Gasteiger partial charge in [-0.2, -0.15) is 4.31 Å². The largest absolute Gasteiger partial charge is 0.462 e. The van der Waals surface area contributed by atoms with Crippen molar-refractivity contribution in [2.24, 2.45) is 0 Å². The molecule has 0 aliphatic carbocycles. The summed E-state index contributed by atoms with van der Waals surface area (Å²) in [5.74, 6) is -1.69. The Morgan fingerprint density at radius 3 is 2.45 bits per heavy atom. The van der Waals surface area contributed by atoms with Crippen LogP contribution in [0.2, 0.25) is 0 Å². The molecule has 0 bridgehead atoms. The number of H-pyrrole nitrogens is 1. The first kappa shape index (κ1) is 27.8. The lowest BCUT2D eigenvalue weighted by Gasteiger charge is -2.27. The highest BCUT2D eigenvalue weighted by atomic mass is 79.9. The maximum atomic E-state index is 13.9. The van der Waals surface area contributed by atoms with Gasteiger partial charge in [0.2, 0.25) is 15.9 Å². The second-order valence-electron chi connectivity index (χ2n) is 9.23. The number of fused-ring (bicyclic) bond motifs is 1. The number of esters is 1. The smallest absolute Gasteiger partial charge is 0.338 e. The number of carbonyl (C=O) groups excluding carboxylic acids is 3. The van der Waals surface area contributed by atoms with Gasteiger partial charge in [-0.3, -0.25) is 9.59 Å². The number of amides is 2. The van der Waals surface area contributed by atoms with Crippen molar-refractivity contribution in [2.75, 3.05) is 18.1 Å². The number of nitrogens with one attached hydrogen (secondary N) is 1. The van der Waals surface area contributed by atoms with Crippen LogP contribution in [0.3, 0.4) is 0 Å². The van der Waals surface area contributed by atoms with Gasteiger partial charge in [0.1, 0.15) is 6.04 Å². The van der Waals surface area contributed by atoms with E-state index in [0.29, 0.717) is 10.9 Å². The lowest BCUT2D eigenvalue weighted by Crippen LogP contribution is -2.46. The molecule has 3 aromatic carbocycles. The number of aromatic amines is 1. The zero-order chi connectivity index (χ0) is 28.4. The van der Waals surface area contributed by atoms with E-state index >= 15 is 0 Å². The topological polar surface area (TPSA) is 117 Å². The maximum absolute atomic E-state index is 13.9. The van der Waals surface area contributed by atoms with Crippen molar-refractivity contribution >= 4 is 60.3 Å². The van der Waals surface area contributed by atoms with Crippen LogP contribution in [-0.2, 0) is 30.8 Å². The first-order chi connectivity index (χ1) is 19.2. The molecule has 5 rings (SSSR count). The monoisotopic (exact) mass is 623 g/mol. The van der Waals surface area contributed by atoms with E-state index in [1.165, 1.54) is 36.4 Å². The number of benzene rings is 3. The summed E-state index contributed by atoms with van der Waals surface area (Å²) in [6.45, 7) is 1.90. The third-order valence-corrected chi connectivity index (χ3v) is 9.25. The van der Waals surface area contributed by atoms with Crippen LogP contribution in [0.4, 0.5) is 5.69 Å². The van der Waals surface area contributed by atoms with Gasteiger partial charge in [0.05, 0.1) is 29.2 Å². The van der Waals surface area contributed by atoms with E-state index in [0.717, 1.165) is 25.7 Å². The number of hydrogen-bond donors (Lipinski definition) is 1.